The smallest absolute Gasteiger partial charge is 0.342 e. The summed E-state index contributed by atoms with van der Waals surface area (Å²) in [6.07, 6.45) is 5.20. The Morgan fingerprint density at radius 1 is 0.897 bits per heavy atom. The number of carbonyl (C=O) groups is 1. The first-order valence-electron chi connectivity index (χ1n) is 13.6. The Morgan fingerprint density at radius 3 is 2.33 bits per heavy atom. The summed E-state index contributed by atoms with van der Waals surface area (Å²) in [6.45, 7) is 1.53. The second kappa shape index (κ2) is 15.2. The van der Waals surface area contributed by atoms with E-state index in [1.165, 1.54) is 0 Å². The second-order valence-electron chi connectivity index (χ2n) is 9.81. The molecule has 0 amide bonds. The molecule has 39 heavy (non-hydrogen) atoms. The number of methoxy groups -OCH3 is 1. The molecular weight excluding hydrogens is 492 g/mol. The molecule has 6 nitrogen and oxygen atoms in total. The molecule has 0 bridgehead atoms. The third kappa shape index (κ3) is 9.06. The average molecular weight is 531 g/mol. The lowest BCUT2D eigenvalue weighted by molar-refractivity contribution is -0.0188. The Morgan fingerprint density at radius 2 is 1.62 bits per heavy atom. The number of rotatable bonds is 10. The minimum absolute atomic E-state index is 0.185. The number of benzene rings is 3. The van der Waals surface area contributed by atoms with Gasteiger partial charge in [-0.15, -0.1) is 0 Å². The Bertz CT molecular complexity index is 1180. The number of fused-ring (bicyclic) bond motifs is 1. The summed E-state index contributed by atoms with van der Waals surface area (Å²) in [5.74, 6) is 0.00790. The van der Waals surface area contributed by atoms with Gasteiger partial charge in [-0.2, -0.15) is 0 Å². The van der Waals surface area contributed by atoms with E-state index in [0.29, 0.717) is 63.2 Å². The van der Waals surface area contributed by atoms with Crippen LogP contribution in [0.25, 0.3) is 6.08 Å². The first-order chi connectivity index (χ1) is 19.1. The lowest BCUT2D eigenvalue weighted by Gasteiger charge is -2.25. The molecule has 206 valence electrons. The Balaban J connectivity index is 1.46. The summed E-state index contributed by atoms with van der Waals surface area (Å²) in [6, 6.07) is 25.5. The first kappa shape index (κ1) is 28.6. The molecule has 0 spiro atoms. The summed E-state index contributed by atoms with van der Waals surface area (Å²) in [7, 11) is 1.54. The van der Waals surface area contributed by atoms with Crippen molar-refractivity contribution in [2.24, 2.45) is 0 Å². The van der Waals surface area contributed by atoms with Crippen LogP contribution in [0.4, 0.5) is 0 Å². The van der Waals surface area contributed by atoms with Gasteiger partial charge >= 0.3 is 5.97 Å². The van der Waals surface area contributed by atoms with E-state index in [1.807, 2.05) is 84.9 Å². The summed E-state index contributed by atoms with van der Waals surface area (Å²) < 4.78 is 23.5. The molecule has 3 aromatic rings. The van der Waals surface area contributed by atoms with Crippen molar-refractivity contribution in [3.63, 3.8) is 0 Å². The first-order valence-corrected chi connectivity index (χ1v) is 13.6. The molecule has 0 aliphatic carbocycles. The number of esters is 1. The van der Waals surface area contributed by atoms with Crippen molar-refractivity contribution in [3.05, 3.63) is 107 Å². The van der Waals surface area contributed by atoms with Crippen LogP contribution in [-0.2, 0) is 27.4 Å². The van der Waals surface area contributed by atoms with Crippen LogP contribution in [0, 0.1) is 0 Å². The molecule has 0 saturated heterocycles. The average Bonchev–Trinajstić information content (AvgIpc) is 2.95. The molecule has 1 aliphatic heterocycles. The van der Waals surface area contributed by atoms with E-state index in [-0.39, 0.29) is 6.10 Å². The zero-order chi connectivity index (χ0) is 27.3. The number of cyclic esters (lactones) is 1. The van der Waals surface area contributed by atoms with Crippen LogP contribution in [-0.4, -0.2) is 43.1 Å². The Kier molecular flexibility index (Phi) is 11.1. The summed E-state index contributed by atoms with van der Waals surface area (Å²) in [4.78, 5) is 13.3. The Hall–Kier alpha value is -3.45. The maximum Gasteiger partial charge on any atom is 0.342 e. The molecule has 1 N–H and O–H groups in total. The number of ether oxygens (including phenoxy) is 4. The number of hydrogen-bond donors (Lipinski definition) is 1. The zero-order valence-electron chi connectivity index (χ0n) is 22.5. The number of aliphatic hydroxyl groups is 1. The molecule has 3 atom stereocenters. The highest BCUT2D eigenvalue weighted by Crippen LogP contribution is 2.28. The molecule has 4 rings (SSSR count). The van der Waals surface area contributed by atoms with Crippen LogP contribution >= 0.6 is 0 Å². The van der Waals surface area contributed by atoms with Gasteiger partial charge in [0.15, 0.2) is 0 Å². The van der Waals surface area contributed by atoms with Crippen LogP contribution in [0.5, 0.6) is 5.75 Å². The minimum Gasteiger partial charge on any atom is -0.496 e. The Labute approximate surface area is 231 Å². The maximum absolute atomic E-state index is 13.3. The predicted octanol–water partition coefficient (Wildman–Crippen LogP) is 6.36. The highest BCUT2D eigenvalue weighted by molar-refractivity contribution is 5.96. The maximum atomic E-state index is 13.3. The van der Waals surface area contributed by atoms with Crippen LogP contribution in [0.2, 0.25) is 0 Å². The van der Waals surface area contributed by atoms with Crippen molar-refractivity contribution < 1.29 is 28.8 Å². The summed E-state index contributed by atoms with van der Waals surface area (Å²) >= 11 is 0. The SMILES string of the molecule is COc1cccc2c1C(=O)O[C@@H](CCCOCc1ccccc1)C[C@H](O)C[C@H](OCc1ccccc1)C/C=C/2. The molecule has 1 aliphatic rings. The number of hydrogen-bond acceptors (Lipinski definition) is 6. The fourth-order valence-corrected chi connectivity index (χ4v) is 4.76. The van der Waals surface area contributed by atoms with Gasteiger partial charge in [-0.1, -0.05) is 84.9 Å². The van der Waals surface area contributed by atoms with Gasteiger partial charge in [0.1, 0.15) is 17.4 Å². The van der Waals surface area contributed by atoms with Gasteiger partial charge in [-0.05, 0) is 48.4 Å². The monoisotopic (exact) mass is 530 g/mol. The standard InChI is InChI=1S/C33H38O6/c1-36-31-19-9-16-27-15-8-17-29(38-24-26-13-6-3-7-14-26)21-28(34)22-30(39-33(35)32(27)31)18-10-20-37-23-25-11-4-2-5-12-25/h2-9,11-16,19,28-30,34H,10,17-18,20-24H2,1H3/b15-8+/t28-,29-,30+/m1/s1. The van der Waals surface area contributed by atoms with E-state index in [2.05, 4.69) is 0 Å². The van der Waals surface area contributed by atoms with Crippen molar-refractivity contribution >= 4 is 12.0 Å². The molecule has 1 heterocycles. The molecule has 6 heteroatoms. The minimum atomic E-state index is -0.682. The van der Waals surface area contributed by atoms with Gasteiger partial charge in [0.05, 0.1) is 32.5 Å². The van der Waals surface area contributed by atoms with Gasteiger partial charge in [-0.25, -0.2) is 4.79 Å². The van der Waals surface area contributed by atoms with Crippen LogP contribution < -0.4 is 4.74 Å². The lowest BCUT2D eigenvalue weighted by atomic mass is 9.98. The van der Waals surface area contributed by atoms with E-state index in [0.717, 1.165) is 16.7 Å². The van der Waals surface area contributed by atoms with Crippen LogP contribution in [0.3, 0.4) is 0 Å². The van der Waals surface area contributed by atoms with Crippen molar-refractivity contribution in [1.29, 1.82) is 0 Å². The molecular formula is C33H38O6. The van der Waals surface area contributed by atoms with Gasteiger partial charge < -0.3 is 24.1 Å². The molecule has 0 radical (unpaired) electrons. The highest BCUT2D eigenvalue weighted by Gasteiger charge is 2.26. The quantitative estimate of drug-likeness (QED) is 0.243. The van der Waals surface area contributed by atoms with E-state index < -0.39 is 18.2 Å². The fraction of sp³-hybridized carbons (Fsp3) is 0.364. The fourth-order valence-electron chi connectivity index (χ4n) is 4.76. The lowest BCUT2D eigenvalue weighted by Crippen LogP contribution is -2.28. The molecule has 0 fully saturated rings. The van der Waals surface area contributed by atoms with E-state index in [4.69, 9.17) is 18.9 Å². The highest BCUT2D eigenvalue weighted by atomic mass is 16.5. The zero-order valence-corrected chi connectivity index (χ0v) is 22.5. The van der Waals surface area contributed by atoms with Crippen molar-refractivity contribution in [2.75, 3.05) is 13.7 Å². The second-order valence-corrected chi connectivity index (χ2v) is 9.81. The van der Waals surface area contributed by atoms with E-state index in [9.17, 15) is 9.90 Å². The normalized spacial score (nSPS) is 20.7. The van der Waals surface area contributed by atoms with E-state index in [1.54, 1.807) is 13.2 Å². The van der Waals surface area contributed by atoms with Gasteiger partial charge in [-0.3, -0.25) is 0 Å². The van der Waals surface area contributed by atoms with Crippen molar-refractivity contribution in [3.8, 4) is 5.75 Å². The third-order valence-corrected chi connectivity index (χ3v) is 6.78. The van der Waals surface area contributed by atoms with Gasteiger partial charge in [0.25, 0.3) is 0 Å². The van der Waals surface area contributed by atoms with Crippen LogP contribution in [0.15, 0.2) is 84.9 Å². The molecule has 3 aromatic carbocycles. The molecule has 0 saturated carbocycles. The van der Waals surface area contributed by atoms with Crippen molar-refractivity contribution in [1.82, 2.24) is 0 Å². The topological polar surface area (TPSA) is 74.2 Å². The predicted molar refractivity (Wildman–Crippen MR) is 151 cm³/mol. The largest absolute Gasteiger partial charge is 0.496 e. The van der Waals surface area contributed by atoms with Gasteiger partial charge in [0.2, 0.25) is 0 Å². The van der Waals surface area contributed by atoms with Crippen LogP contribution in [0.1, 0.15) is 59.2 Å². The van der Waals surface area contributed by atoms with E-state index >= 15 is 0 Å². The summed E-state index contributed by atoms with van der Waals surface area (Å²) in [5.41, 5.74) is 3.31. The van der Waals surface area contributed by atoms with Gasteiger partial charge in [0, 0.05) is 13.0 Å². The van der Waals surface area contributed by atoms with Crippen molar-refractivity contribution in [2.45, 2.75) is 63.6 Å². The molecule has 0 aromatic heterocycles. The number of aliphatic hydroxyl groups excluding tert-OH is 1. The molecule has 0 unspecified atom stereocenters. The summed E-state index contributed by atoms with van der Waals surface area (Å²) in [5, 5.41) is 11.0. The number of carbonyl (C=O) groups excluding carboxylic acids is 1. The third-order valence-electron chi connectivity index (χ3n) is 6.78.